The lowest BCUT2D eigenvalue weighted by molar-refractivity contribution is -0.129. The normalized spacial score (nSPS) is 17.2. The van der Waals surface area contributed by atoms with Crippen LogP contribution in [0.25, 0.3) is 0 Å². The van der Waals surface area contributed by atoms with Gasteiger partial charge in [0.15, 0.2) is 0 Å². The standard InChI is InChI=1S/C13H23ClN2O3/c1-13(2,3)19-12(18)15-9-10-4-6-16(7-5-10)11(17)8-14/h10H,4-9H2,1-3H3,(H,15,18). The van der Waals surface area contributed by atoms with E-state index < -0.39 is 5.60 Å². The average molecular weight is 291 g/mol. The highest BCUT2D eigenvalue weighted by atomic mass is 35.5. The predicted octanol–water partition coefficient (Wildman–Crippen LogP) is 1.99. The van der Waals surface area contributed by atoms with Crippen LogP contribution in [0.4, 0.5) is 4.79 Å². The summed E-state index contributed by atoms with van der Waals surface area (Å²) in [7, 11) is 0. The number of alkyl halides is 1. The molecule has 6 heteroatoms. The van der Waals surface area contributed by atoms with Crippen molar-refractivity contribution < 1.29 is 14.3 Å². The summed E-state index contributed by atoms with van der Waals surface area (Å²) in [6, 6.07) is 0. The molecule has 0 unspecified atom stereocenters. The van der Waals surface area contributed by atoms with Crippen molar-refractivity contribution in [1.29, 1.82) is 0 Å². The Kier molecular flexibility index (Phi) is 5.91. The van der Waals surface area contributed by atoms with Gasteiger partial charge in [0.1, 0.15) is 11.5 Å². The van der Waals surface area contributed by atoms with Crippen LogP contribution in [0, 0.1) is 5.92 Å². The van der Waals surface area contributed by atoms with Crippen LogP contribution in [0.2, 0.25) is 0 Å². The Bertz CT molecular complexity index is 320. The smallest absolute Gasteiger partial charge is 0.407 e. The minimum Gasteiger partial charge on any atom is -0.444 e. The number of piperidine rings is 1. The molecule has 0 atom stereocenters. The maximum Gasteiger partial charge on any atom is 0.407 e. The maximum atomic E-state index is 11.5. The molecule has 1 aliphatic rings. The van der Waals surface area contributed by atoms with Gasteiger partial charge in [-0.1, -0.05) is 0 Å². The van der Waals surface area contributed by atoms with Gasteiger partial charge in [-0.2, -0.15) is 0 Å². The van der Waals surface area contributed by atoms with E-state index in [4.69, 9.17) is 16.3 Å². The molecular weight excluding hydrogens is 268 g/mol. The van der Waals surface area contributed by atoms with E-state index >= 15 is 0 Å². The quantitative estimate of drug-likeness (QED) is 0.809. The van der Waals surface area contributed by atoms with Crippen LogP contribution < -0.4 is 5.32 Å². The van der Waals surface area contributed by atoms with Gasteiger partial charge in [-0.25, -0.2) is 4.79 Å². The van der Waals surface area contributed by atoms with Crippen molar-refractivity contribution >= 4 is 23.6 Å². The summed E-state index contributed by atoms with van der Waals surface area (Å²) in [6.45, 7) is 7.53. The molecule has 5 nitrogen and oxygen atoms in total. The summed E-state index contributed by atoms with van der Waals surface area (Å²) >= 11 is 5.52. The van der Waals surface area contributed by atoms with E-state index in [1.807, 2.05) is 20.8 Å². The maximum absolute atomic E-state index is 11.5. The molecule has 0 aromatic carbocycles. The average Bonchev–Trinajstić information content (AvgIpc) is 2.34. The van der Waals surface area contributed by atoms with Crippen molar-refractivity contribution in [3.8, 4) is 0 Å². The lowest BCUT2D eigenvalue weighted by Gasteiger charge is -2.31. The zero-order valence-electron chi connectivity index (χ0n) is 11.9. The van der Waals surface area contributed by atoms with Gasteiger partial charge in [0.2, 0.25) is 5.91 Å². The number of ether oxygens (including phenoxy) is 1. The molecule has 1 rings (SSSR count). The Morgan fingerprint density at radius 3 is 2.37 bits per heavy atom. The first-order valence-corrected chi connectivity index (χ1v) is 7.16. The van der Waals surface area contributed by atoms with Gasteiger partial charge in [-0.3, -0.25) is 4.79 Å². The van der Waals surface area contributed by atoms with Gasteiger partial charge in [-0.15, -0.1) is 11.6 Å². The molecule has 1 fully saturated rings. The second-order valence-electron chi connectivity index (χ2n) is 5.84. The predicted molar refractivity (Wildman–Crippen MR) is 74.3 cm³/mol. The fourth-order valence-corrected chi connectivity index (χ4v) is 2.18. The highest BCUT2D eigenvalue weighted by molar-refractivity contribution is 6.27. The number of halogens is 1. The monoisotopic (exact) mass is 290 g/mol. The molecule has 0 bridgehead atoms. The zero-order chi connectivity index (χ0) is 14.5. The molecule has 0 radical (unpaired) electrons. The number of carbonyl (C=O) groups is 2. The van der Waals surface area contributed by atoms with Crippen molar-refractivity contribution in [2.75, 3.05) is 25.5 Å². The van der Waals surface area contributed by atoms with Crippen molar-refractivity contribution in [3.05, 3.63) is 0 Å². The number of hydrogen-bond donors (Lipinski definition) is 1. The van der Waals surface area contributed by atoms with Crippen molar-refractivity contribution in [3.63, 3.8) is 0 Å². The van der Waals surface area contributed by atoms with Crippen LogP contribution in [0.15, 0.2) is 0 Å². The number of nitrogens with zero attached hydrogens (tertiary/aromatic N) is 1. The number of rotatable bonds is 3. The summed E-state index contributed by atoms with van der Waals surface area (Å²) in [5.41, 5.74) is -0.472. The van der Waals surface area contributed by atoms with Gasteiger partial charge in [0.25, 0.3) is 0 Å². The number of likely N-dealkylation sites (tertiary alicyclic amines) is 1. The first-order valence-electron chi connectivity index (χ1n) is 6.62. The minimum atomic E-state index is -0.472. The van der Waals surface area contributed by atoms with E-state index in [1.54, 1.807) is 4.90 Å². The zero-order valence-corrected chi connectivity index (χ0v) is 12.6. The van der Waals surface area contributed by atoms with Crippen LogP contribution >= 0.6 is 11.6 Å². The highest BCUT2D eigenvalue weighted by Gasteiger charge is 2.23. The molecule has 0 aliphatic carbocycles. The molecule has 1 heterocycles. The summed E-state index contributed by atoms with van der Waals surface area (Å²) in [5, 5.41) is 2.78. The third kappa shape index (κ3) is 6.14. The summed E-state index contributed by atoms with van der Waals surface area (Å²) in [6.07, 6.45) is 1.39. The molecule has 0 aromatic rings. The lowest BCUT2D eigenvalue weighted by Crippen LogP contribution is -2.42. The van der Waals surface area contributed by atoms with E-state index in [1.165, 1.54) is 0 Å². The summed E-state index contributed by atoms with van der Waals surface area (Å²) in [4.78, 5) is 24.7. The van der Waals surface area contributed by atoms with Crippen LogP contribution in [-0.2, 0) is 9.53 Å². The van der Waals surface area contributed by atoms with Gasteiger partial charge < -0.3 is 15.0 Å². The summed E-state index contributed by atoms with van der Waals surface area (Å²) < 4.78 is 5.17. The van der Waals surface area contributed by atoms with Crippen LogP contribution in [0.3, 0.4) is 0 Å². The molecule has 0 aromatic heterocycles. The number of alkyl carbamates (subject to hydrolysis) is 1. The molecular formula is C13H23ClN2O3. The highest BCUT2D eigenvalue weighted by Crippen LogP contribution is 2.17. The Morgan fingerprint density at radius 2 is 1.89 bits per heavy atom. The van der Waals surface area contributed by atoms with Crippen LogP contribution in [0.5, 0.6) is 0 Å². The Labute approximate surface area is 119 Å². The Morgan fingerprint density at radius 1 is 1.32 bits per heavy atom. The van der Waals surface area contributed by atoms with Crippen molar-refractivity contribution in [1.82, 2.24) is 10.2 Å². The second kappa shape index (κ2) is 6.98. The molecule has 19 heavy (non-hydrogen) atoms. The van der Waals surface area contributed by atoms with Crippen LogP contribution in [-0.4, -0.2) is 48.0 Å². The fourth-order valence-electron chi connectivity index (χ4n) is 2.01. The van der Waals surface area contributed by atoms with E-state index in [-0.39, 0.29) is 17.9 Å². The molecule has 1 N–H and O–H groups in total. The number of hydrogen-bond acceptors (Lipinski definition) is 3. The molecule has 1 aliphatic heterocycles. The third-order valence-electron chi connectivity index (χ3n) is 3.02. The molecule has 1 saturated heterocycles. The van der Waals surface area contributed by atoms with E-state index in [0.717, 1.165) is 12.8 Å². The minimum absolute atomic E-state index is 0.0137. The first kappa shape index (κ1) is 16.1. The van der Waals surface area contributed by atoms with E-state index in [0.29, 0.717) is 25.6 Å². The fraction of sp³-hybridized carbons (Fsp3) is 0.846. The molecule has 0 saturated carbocycles. The van der Waals surface area contributed by atoms with E-state index in [2.05, 4.69) is 5.32 Å². The largest absolute Gasteiger partial charge is 0.444 e. The number of carbonyl (C=O) groups excluding carboxylic acids is 2. The van der Waals surface area contributed by atoms with Gasteiger partial charge in [0, 0.05) is 19.6 Å². The van der Waals surface area contributed by atoms with Crippen molar-refractivity contribution in [2.24, 2.45) is 5.92 Å². The SMILES string of the molecule is CC(C)(C)OC(=O)NCC1CCN(C(=O)CCl)CC1. The van der Waals surface area contributed by atoms with Crippen LogP contribution in [0.1, 0.15) is 33.6 Å². The van der Waals surface area contributed by atoms with Gasteiger partial charge in [0.05, 0.1) is 0 Å². The second-order valence-corrected chi connectivity index (χ2v) is 6.11. The topological polar surface area (TPSA) is 58.6 Å². The van der Waals surface area contributed by atoms with E-state index in [9.17, 15) is 9.59 Å². The first-order chi connectivity index (χ1) is 8.81. The number of amides is 2. The Balaban J connectivity index is 2.23. The molecule has 2 amide bonds. The summed E-state index contributed by atoms with van der Waals surface area (Å²) in [5.74, 6) is 0.424. The van der Waals surface area contributed by atoms with Gasteiger partial charge >= 0.3 is 6.09 Å². The molecule has 0 spiro atoms. The Hall–Kier alpha value is -0.970. The third-order valence-corrected chi connectivity index (χ3v) is 3.24. The van der Waals surface area contributed by atoms with Crippen molar-refractivity contribution in [2.45, 2.75) is 39.2 Å². The number of nitrogens with one attached hydrogen (secondary N) is 1. The lowest BCUT2D eigenvalue weighted by atomic mass is 9.97. The van der Waals surface area contributed by atoms with Gasteiger partial charge in [-0.05, 0) is 39.5 Å². The molecule has 110 valence electrons.